The second kappa shape index (κ2) is 6.15. The molecule has 0 saturated heterocycles. The molecule has 1 heterocycles. The molecule has 0 aliphatic heterocycles. The van der Waals surface area contributed by atoms with Crippen molar-refractivity contribution in [2.45, 2.75) is 6.42 Å². The first-order chi connectivity index (χ1) is 9.19. The summed E-state index contributed by atoms with van der Waals surface area (Å²) < 4.78 is 18.4. The zero-order valence-corrected chi connectivity index (χ0v) is 10.7. The van der Waals surface area contributed by atoms with Crippen LogP contribution in [-0.4, -0.2) is 18.6 Å². The maximum absolute atomic E-state index is 13.3. The van der Waals surface area contributed by atoms with Crippen LogP contribution in [0, 0.1) is 5.82 Å². The monoisotopic (exact) mass is 261 g/mol. The van der Waals surface area contributed by atoms with Crippen LogP contribution in [0.1, 0.15) is 5.56 Å². The van der Waals surface area contributed by atoms with Crippen LogP contribution in [0.5, 0.6) is 5.75 Å². The SMILES string of the molecule is COc1cc(F)cc(CCN(N)c2ccncc2)c1. The number of pyridine rings is 1. The predicted molar refractivity (Wildman–Crippen MR) is 72.4 cm³/mol. The standard InChI is InChI=1S/C14H16FN3O/c1-19-14-9-11(8-12(15)10-14)4-7-18(16)13-2-5-17-6-3-13/h2-3,5-6,8-10H,4,7,16H2,1H3. The molecule has 1 aromatic heterocycles. The zero-order valence-electron chi connectivity index (χ0n) is 10.7. The molecule has 0 spiro atoms. The minimum atomic E-state index is -0.304. The number of hydrazine groups is 1. The highest BCUT2D eigenvalue weighted by atomic mass is 19.1. The average molecular weight is 261 g/mol. The number of aromatic nitrogens is 1. The van der Waals surface area contributed by atoms with Gasteiger partial charge in [-0.25, -0.2) is 10.2 Å². The van der Waals surface area contributed by atoms with Crippen molar-refractivity contribution in [3.63, 3.8) is 0 Å². The summed E-state index contributed by atoms with van der Waals surface area (Å²) >= 11 is 0. The fraction of sp³-hybridized carbons (Fsp3) is 0.214. The Labute approximate surface area is 111 Å². The number of nitrogens with two attached hydrogens (primary N) is 1. The second-order valence-corrected chi connectivity index (χ2v) is 4.15. The van der Waals surface area contributed by atoms with Crippen LogP contribution >= 0.6 is 0 Å². The molecule has 0 amide bonds. The van der Waals surface area contributed by atoms with Crippen molar-refractivity contribution >= 4 is 5.69 Å². The van der Waals surface area contributed by atoms with Crippen molar-refractivity contribution in [2.75, 3.05) is 18.7 Å². The summed E-state index contributed by atoms with van der Waals surface area (Å²) in [5.41, 5.74) is 1.72. The number of hydrogen-bond donors (Lipinski definition) is 1. The van der Waals surface area contributed by atoms with Gasteiger partial charge in [0.25, 0.3) is 0 Å². The number of benzene rings is 1. The van der Waals surface area contributed by atoms with E-state index < -0.39 is 0 Å². The van der Waals surface area contributed by atoms with E-state index in [4.69, 9.17) is 10.6 Å². The summed E-state index contributed by atoms with van der Waals surface area (Å²) in [6.45, 7) is 0.580. The largest absolute Gasteiger partial charge is 0.497 e. The molecule has 1 aromatic carbocycles. The molecule has 0 radical (unpaired) electrons. The van der Waals surface area contributed by atoms with E-state index in [-0.39, 0.29) is 5.82 Å². The normalized spacial score (nSPS) is 10.3. The summed E-state index contributed by atoms with van der Waals surface area (Å²) in [4.78, 5) is 3.93. The lowest BCUT2D eigenvalue weighted by Gasteiger charge is -2.18. The summed E-state index contributed by atoms with van der Waals surface area (Å²) in [6.07, 6.45) is 3.99. The first kappa shape index (κ1) is 13.3. The van der Waals surface area contributed by atoms with Gasteiger partial charge in [0.2, 0.25) is 0 Å². The molecule has 100 valence electrons. The summed E-state index contributed by atoms with van der Waals surface area (Å²) in [7, 11) is 1.52. The van der Waals surface area contributed by atoms with Crippen LogP contribution in [0.4, 0.5) is 10.1 Å². The fourth-order valence-corrected chi connectivity index (χ4v) is 1.80. The van der Waals surface area contributed by atoms with Crippen molar-refractivity contribution in [3.05, 3.63) is 54.1 Å². The third kappa shape index (κ3) is 3.66. The molecule has 0 aliphatic carbocycles. The molecule has 0 atom stereocenters. The van der Waals surface area contributed by atoms with Crippen LogP contribution in [0.3, 0.4) is 0 Å². The van der Waals surface area contributed by atoms with Gasteiger partial charge in [0.15, 0.2) is 0 Å². The fourth-order valence-electron chi connectivity index (χ4n) is 1.80. The second-order valence-electron chi connectivity index (χ2n) is 4.15. The Kier molecular flexibility index (Phi) is 4.30. The van der Waals surface area contributed by atoms with Crippen molar-refractivity contribution in [1.82, 2.24) is 4.98 Å². The number of halogens is 1. The summed E-state index contributed by atoms with van der Waals surface area (Å²) in [5.74, 6) is 6.14. The van der Waals surface area contributed by atoms with E-state index in [2.05, 4.69) is 4.98 Å². The van der Waals surface area contributed by atoms with Gasteiger partial charge in [-0.1, -0.05) is 0 Å². The molecule has 0 bridgehead atoms. The maximum Gasteiger partial charge on any atom is 0.127 e. The van der Waals surface area contributed by atoms with E-state index in [1.807, 2.05) is 18.2 Å². The molecule has 2 rings (SSSR count). The molecule has 19 heavy (non-hydrogen) atoms. The summed E-state index contributed by atoms with van der Waals surface area (Å²) in [5, 5.41) is 1.61. The summed E-state index contributed by atoms with van der Waals surface area (Å²) in [6, 6.07) is 8.30. The Hall–Kier alpha value is -2.14. The lowest BCUT2D eigenvalue weighted by molar-refractivity contribution is 0.410. The Morgan fingerprint density at radius 2 is 2.00 bits per heavy atom. The Morgan fingerprint density at radius 1 is 1.26 bits per heavy atom. The number of hydrogen-bond acceptors (Lipinski definition) is 4. The Morgan fingerprint density at radius 3 is 2.68 bits per heavy atom. The molecule has 0 saturated carbocycles. The third-order valence-electron chi connectivity index (χ3n) is 2.80. The molecule has 0 unspecified atom stereocenters. The van der Waals surface area contributed by atoms with Gasteiger partial charge in [0.1, 0.15) is 11.6 Å². The van der Waals surface area contributed by atoms with E-state index in [9.17, 15) is 4.39 Å². The first-order valence-electron chi connectivity index (χ1n) is 5.95. The van der Waals surface area contributed by atoms with E-state index in [0.717, 1.165) is 11.3 Å². The van der Waals surface area contributed by atoms with Gasteiger partial charge < -0.3 is 9.75 Å². The van der Waals surface area contributed by atoms with Gasteiger partial charge >= 0.3 is 0 Å². The van der Waals surface area contributed by atoms with Gasteiger partial charge in [-0.3, -0.25) is 4.98 Å². The molecule has 2 aromatic rings. The Balaban J connectivity index is 2.01. The van der Waals surface area contributed by atoms with E-state index in [1.54, 1.807) is 17.4 Å². The highest BCUT2D eigenvalue weighted by Crippen LogP contribution is 2.17. The van der Waals surface area contributed by atoms with Crippen molar-refractivity contribution < 1.29 is 9.13 Å². The minimum absolute atomic E-state index is 0.304. The quantitative estimate of drug-likeness (QED) is 0.662. The van der Waals surface area contributed by atoms with E-state index >= 15 is 0 Å². The van der Waals surface area contributed by atoms with Crippen LogP contribution < -0.4 is 15.6 Å². The first-order valence-corrected chi connectivity index (χ1v) is 5.95. The molecular weight excluding hydrogens is 245 g/mol. The van der Waals surface area contributed by atoms with E-state index in [1.165, 1.54) is 19.2 Å². The number of ether oxygens (including phenoxy) is 1. The van der Waals surface area contributed by atoms with E-state index in [0.29, 0.717) is 18.7 Å². The molecule has 0 fully saturated rings. The maximum atomic E-state index is 13.3. The average Bonchev–Trinajstić information content (AvgIpc) is 2.45. The highest BCUT2D eigenvalue weighted by molar-refractivity contribution is 5.43. The number of methoxy groups -OCH3 is 1. The molecule has 0 aliphatic rings. The molecule has 2 N–H and O–H groups in total. The van der Waals surface area contributed by atoms with Gasteiger partial charge in [0.05, 0.1) is 12.8 Å². The Bertz CT molecular complexity index is 533. The highest BCUT2D eigenvalue weighted by Gasteiger charge is 2.04. The molecule has 5 heteroatoms. The lowest BCUT2D eigenvalue weighted by atomic mass is 10.1. The van der Waals surface area contributed by atoms with Gasteiger partial charge in [-0.05, 0) is 36.2 Å². The topological polar surface area (TPSA) is 51.4 Å². The minimum Gasteiger partial charge on any atom is -0.497 e. The molecule has 4 nitrogen and oxygen atoms in total. The molecular formula is C14H16FN3O. The van der Waals surface area contributed by atoms with Gasteiger partial charge in [0, 0.05) is 25.0 Å². The van der Waals surface area contributed by atoms with Gasteiger partial charge in [-0.2, -0.15) is 0 Å². The van der Waals surface area contributed by atoms with Gasteiger partial charge in [-0.15, -0.1) is 0 Å². The van der Waals surface area contributed by atoms with Crippen LogP contribution in [0.2, 0.25) is 0 Å². The van der Waals surface area contributed by atoms with Crippen LogP contribution in [0.15, 0.2) is 42.7 Å². The van der Waals surface area contributed by atoms with Crippen molar-refractivity contribution in [1.29, 1.82) is 0 Å². The predicted octanol–water partition coefficient (Wildman–Crippen LogP) is 2.15. The number of anilines is 1. The van der Waals surface area contributed by atoms with Crippen molar-refractivity contribution in [3.8, 4) is 5.75 Å². The zero-order chi connectivity index (χ0) is 13.7. The number of nitrogens with zero attached hydrogens (tertiary/aromatic N) is 2. The van der Waals surface area contributed by atoms with Crippen LogP contribution in [-0.2, 0) is 6.42 Å². The lowest BCUT2D eigenvalue weighted by Crippen LogP contribution is -2.32. The van der Waals surface area contributed by atoms with Crippen LogP contribution in [0.25, 0.3) is 0 Å². The smallest absolute Gasteiger partial charge is 0.127 e. The van der Waals surface area contributed by atoms with Crippen molar-refractivity contribution in [2.24, 2.45) is 5.84 Å². The number of rotatable bonds is 5. The third-order valence-corrected chi connectivity index (χ3v) is 2.80.